The minimum absolute atomic E-state index is 0.266. The Morgan fingerprint density at radius 1 is 0.621 bits per heavy atom. The van der Waals surface area contributed by atoms with Crippen molar-refractivity contribution in [3.8, 4) is 0 Å². The average molecular weight is 391 g/mol. The Bertz CT molecular complexity index is 867. The monoisotopic (exact) mass is 391 g/mol. The highest BCUT2D eigenvalue weighted by Crippen LogP contribution is 2.23. The molecule has 0 radical (unpaired) electrons. The molecule has 2 aliphatic rings. The predicted octanol–water partition coefficient (Wildman–Crippen LogP) is 1.90. The summed E-state index contributed by atoms with van der Waals surface area (Å²) in [6.45, 7) is 4.12. The Balaban J connectivity index is 1.36. The number of fused-ring (bicyclic) bond motifs is 2. The van der Waals surface area contributed by atoms with Crippen molar-refractivity contribution in [3.05, 3.63) is 70.8 Å². The summed E-state index contributed by atoms with van der Waals surface area (Å²) in [4.78, 5) is 54.4. The third-order valence-corrected chi connectivity index (χ3v) is 5.48. The van der Waals surface area contributed by atoms with Gasteiger partial charge in [0.1, 0.15) is 0 Å². The van der Waals surface area contributed by atoms with Crippen molar-refractivity contribution >= 4 is 23.6 Å². The van der Waals surface area contributed by atoms with Gasteiger partial charge in [-0.3, -0.25) is 29.0 Å². The van der Waals surface area contributed by atoms with E-state index in [1.165, 1.54) is 9.80 Å². The van der Waals surface area contributed by atoms with Gasteiger partial charge in [0.2, 0.25) is 0 Å². The van der Waals surface area contributed by atoms with E-state index in [1.54, 1.807) is 48.5 Å². The number of carbonyl (C=O) groups is 4. The van der Waals surface area contributed by atoms with Crippen LogP contribution in [0, 0.1) is 0 Å². The molecule has 2 aromatic rings. The third-order valence-electron chi connectivity index (χ3n) is 5.48. The van der Waals surface area contributed by atoms with Gasteiger partial charge in [0.15, 0.2) is 0 Å². The molecule has 0 unspecified atom stereocenters. The van der Waals surface area contributed by atoms with Gasteiger partial charge in [0.25, 0.3) is 23.6 Å². The summed E-state index contributed by atoms with van der Waals surface area (Å²) in [6.07, 6.45) is 0. The van der Waals surface area contributed by atoms with Crippen LogP contribution >= 0.6 is 0 Å². The standard InChI is InChI=1S/C22H21N3O4/c1-2-23(11-13-24-19(26)15-7-3-4-8-16(15)20(24)27)12-14-25-21(28)17-9-5-6-10-18(17)22(25)29/h3-10H,2,11-14H2,1H3. The van der Waals surface area contributed by atoms with E-state index in [4.69, 9.17) is 0 Å². The molecule has 0 saturated carbocycles. The Hall–Kier alpha value is -3.32. The van der Waals surface area contributed by atoms with Crippen molar-refractivity contribution < 1.29 is 19.2 Å². The number of nitrogens with zero attached hydrogens (tertiary/aromatic N) is 3. The van der Waals surface area contributed by atoms with Gasteiger partial charge in [0, 0.05) is 26.2 Å². The summed E-state index contributed by atoms with van der Waals surface area (Å²) in [5.74, 6) is -1.10. The van der Waals surface area contributed by atoms with E-state index in [0.717, 1.165) is 0 Å². The van der Waals surface area contributed by atoms with Gasteiger partial charge in [-0.25, -0.2) is 0 Å². The number of hydrogen-bond donors (Lipinski definition) is 0. The Labute approximate surface area is 168 Å². The van der Waals surface area contributed by atoms with Crippen molar-refractivity contribution in [2.45, 2.75) is 6.92 Å². The fourth-order valence-corrected chi connectivity index (χ4v) is 3.80. The zero-order chi connectivity index (χ0) is 20.5. The molecule has 7 heteroatoms. The first-order chi connectivity index (χ1) is 14.0. The van der Waals surface area contributed by atoms with Crippen LogP contribution in [0.4, 0.5) is 0 Å². The summed E-state index contributed by atoms with van der Waals surface area (Å²) >= 11 is 0. The second kappa shape index (κ2) is 7.60. The molecule has 7 nitrogen and oxygen atoms in total. The number of likely N-dealkylation sites (N-methyl/N-ethyl adjacent to an activating group) is 1. The highest BCUT2D eigenvalue weighted by molar-refractivity contribution is 6.22. The van der Waals surface area contributed by atoms with Crippen LogP contribution in [-0.2, 0) is 0 Å². The van der Waals surface area contributed by atoms with Crippen molar-refractivity contribution in [2.24, 2.45) is 0 Å². The fourth-order valence-electron chi connectivity index (χ4n) is 3.80. The second-order valence-electron chi connectivity index (χ2n) is 7.05. The molecule has 4 amide bonds. The van der Waals surface area contributed by atoms with Crippen LogP contribution in [0.5, 0.6) is 0 Å². The van der Waals surface area contributed by atoms with Crippen LogP contribution < -0.4 is 0 Å². The van der Waals surface area contributed by atoms with E-state index in [2.05, 4.69) is 0 Å². The quantitative estimate of drug-likeness (QED) is 0.674. The highest BCUT2D eigenvalue weighted by Gasteiger charge is 2.36. The molecule has 0 atom stereocenters. The van der Waals surface area contributed by atoms with Gasteiger partial charge >= 0.3 is 0 Å². The SMILES string of the molecule is CCN(CCN1C(=O)c2ccccc2C1=O)CCN1C(=O)c2ccccc2C1=O. The summed E-state index contributed by atoms with van der Waals surface area (Å²) < 4.78 is 0. The first-order valence-corrected chi connectivity index (χ1v) is 9.65. The Kier molecular flexibility index (Phi) is 4.98. The van der Waals surface area contributed by atoms with E-state index >= 15 is 0 Å². The lowest BCUT2D eigenvalue weighted by molar-refractivity contribution is 0.0624. The molecular formula is C22H21N3O4. The van der Waals surface area contributed by atoms with Crippen LogP contribution in [0.3, 0.4) is 0 Å². The van der Waals surface area contributed by atoms with Gasteiger partial charge in [0.05, 0.1) is 22.3 Å². The first kappa shape index (κ1) is 19.0. The number of amides is 4. The molecule has 2 heterocycles. The molecule has 29 heavy (non-hydrogen) atoms. The van der Waals surface area contributed by atoms with Gasteiger partial charge in [-0.2, -0.15) is 0 Å². The third kappa shape index (κ3) is 3.23. The molecule has 148 valence electrons. The van der Waals surface area contributed by atoms with E-state index in [-0.39, 0.29) is 36.7 Å². The zero-order valence-electron chi connectivity index (χ0n) is 16.1. The van der Waals surface area contributed by atoms with Crippen molar-refractivity contribution in [1.82, 2.24) is 14.7 Å². The molecule has 0 aliphatic carbocycles. The zero-order valence-corrected chi connectivity index (χ0v) is 16.1. The normalized spacial score (nSPS) is 15.5. The Morgan fingerprint density at radius 2 is 0.931 bits per heavy atom. The number of benzene rings is 2. The van der Waals surface area contributed by atoms with Gasteiger partial charge < -0.3 is 4.90 Å². The molecular weight excluding hydrogens is 370 g/mol. The molecule has 4 rings (SSSR count). The highest BCUT2D eigenvalue weighted by atomic mass is 16.2. The van der Waals surface area contributed by atoms with Crippen LogP contribution in [0.1, 0.15) is 48.4 Å². The first-order valence-electron chi connectivity index (χ1n) is 9.65. The smallest absolute Gasteiger partial charge is 0.261 e. The molecule has 0 spiro atoms. The van der Waals surface area contributed by atoms with E-state index < -0.39 is 0 Å². The topological polar surface area (TPSA) is 78.0 Å². The lowest BCUT2D eigenvalue weighted by Gasteiger charge is -2.25. The predicted molar refractivity (Wildman–Crippen MR) is 106 cm³/mol. The summed E-state index contributed by atoms with van der Waals surface area (Å²) in [6, 6.07) is 13.6. The molecule has 0 saturated heterocycles. The van der Waals surface area contributed by atoms with Gasteiger partial charge in [-0.15, -0.1) is 0 Å². The van der Waals surface area contributed by atoms with Crippen molar-refractivity contribution in [3.63, 3.8) is 0 Å². The molecule has 0 fully saturated rings. The van der Waals surface area contributed by atoms with Gasteiger partial charge in [-0.05, 0) is 30.8 Å². The van der Waals surface area contributed by atoms with Crippen molar-refractivity contribution in [2.75, 3.05) is 32.7 Å². The second-order valence-corrected chi connectivity index (χ2v) is 7.05. The summed E-state index contributed by atoms with van der Waals surface area (Å²) in [7, 11) is 0. The molecule has 0 bridgehead atoms. The molecule has 0 N–H and O–H groups in total. The largest absolute Gasteiger partial charge is 0.300 e. The average Bonchev–Trinajstić information content (AvgIpc) is 3.14. The maximum Gasteiger partial charge on any atom is 0.261 e. The molecule has 2 aromatic carbocycles. The fraction of sp³-hybridized carbons (Fsp3) is 0.273. The van der Waals surface area contributed by atoms with Crippen LogP contribution in [0.2, 0.25) is 0 Å². The van der Waals surface area contributed by atoms with Crippen molar-refractivity contribution in [1.29, 1.82) is 0 Å². The Morgan fingerprint density at radius 3 is 1.21 bits per heavy atom. The molecule has 2 aliphatic heterocycles. The minimum Gasteiger partial charge on any atom is -0.300 e. The van der Waals surface area contributed by atoms with Gasteiger partial charge in [-0.1, -0.05) is 31.2 Å². The lowest BCUT2D eigenvalue weighted by atomic mass is 10.1. The maximum atomic E-state index is 12.5. The van der Waals surface area contributed by atoms with Crippen LogP contribution in [-0.4, -0.2) is 71.1 Å². The summed E-state index contributed by atoms with van der Waals surface area (Å²) in [5, 5.41) is 0. The lowest BCUT2D eigenvalue weighted by Crippen LogP contribution is -2.42. The van der Waals surface area contributed by atoms with E-state index in [9.17, 15) is 19.2 Å². The summed E-state index contributed by atoms with van der Waals surface area (Å²) in [5.41, 5.74) is 1.75. The van der Waals surface area contributed by atoms with E-state index in [1.807, 2.05) is 11.8 Å². The van der Waals surface area contributed by atoms with Crippen LogP contribution in [0.15, 0.2) is 48.5 Å². The number of hydrogen-bond acceptors (Lipinski definition) is 5. The number of imide groups is 2. The minimum atomic E-state index is -0.276. The maximum absolute atomic E-state index is 12.5. The van der Waals surface area contributed by atoms with E-state index in [0.29, 0.717) is 41.9 Å². The van der Waals surface area contributed by atoms with Crippen LogP contribution in [0.25, 0.3) is 0 Å². The number of rotatable bonds is 7. The number of carbonyl (C=O) groups excluding carboxylic acids is 4. The molecule has 0 aromatic heterocycles.